The SMILES string of the molecule is C=C(CN1CCC(N)CC1)c1ccccc1. The van der Waals surface area contributed by atoms with Crippen molar-refractivity contribution in [3.63, 3.8) is 0 Å². The van der Waals surface area contributed by atoms with Gasteiger partial charge in [0.25, 0.3) is 0 Å². The number of likely N-dealkylation sites (tertiary alicyclic amines) is 1. The molecular formula is C14H20N2. The minimum atomic E-state index is 0.404. The number of rotatable bonds is 3. The molecule has 0 bridgehead atoms. The first kappa shape index (κ1) is 11.4. The summed E-state index contributed by atoms with van der Waals surface area (Å²) >= 11 is 0. The van der Waals surface area contributed by atoms with Crippen LogP contribution in [0.5, 0.6) is 0 Å². The fourth-order valence-electron chi connectivity index (χ4n) is 2.15. The lowest BCUT2D eigenvalue weighted by atomic mass is 10.0. The van der Waals surface area contributed by atoms with Crippen molar-refractivity contribution in [2.24, 2.45) is 5.73 Å². The van der Waals surface area contributed by atoms with Crippen LogP contribution in [0, 0.1) is 0 Å². The van der Waals surface area contributed by atoms with Crippen LogP contribution < -0.4 is 5.73 Å². The van der Waals surface area contributed by atoms with Crippen molar-refractivity contribution in [1.29, 1.82) is 0 Å². The second-order valence-corrected chi connectivity index (χ2v) is 4.58. The third-order valence-corrected chi connectivity index (χ3v) is 3.23. The minimum Gasteiger partial charge on any atom is -0.328 e. The number of nitrogens with two attached hydrogens (primary N) is 1. The highest BCUT2D eigenvalue weighted by Gasteiger charge is 2.16. The van der Waals surface area contributed by atoms with Crippen LogP contribution in [-0.4, -0.2) is 30.6 Å². The van der Waals surface area contributed by atoms with Crippen LogP contribution in [-0.2, 0) is 0 Å². The van der Waals surface area contributed by atoms with E-state index in [1.165, 1.54) is 11.1 Å². The van der Waals surface area contributed by atoms with Crippen molar-refractivity contribution in [1.82, 2.24) is 4.90 Å². The van der Waals surface area contributed by atoms with Gasteiger partial charge in [0, 0.05) is 12.6 Å². The van der Waals surface area contributed by atoms with E-state index < -0.39 is 0 Å². The number of hydrogen-bond donors (Lipinski definition) is 1. The molecule has 2 heteroatoms. The quantitative estimate of drug-likeness (QED) is 0.838. The molecular weight excluding hydrogens is 196 g/mol. The van der Waals surface area contributed by atoms with Crippen LogP contribution in [0.3, 0.4) is 0 Å². The molecule has 1 aliphatic rings. The van der Waals surface area contributed by atoms with Gasteiger partial charge < -0.3 is 5.73 Å². The summed E-state index contributed by atoms with van der Waals surface area (Å²) in [6.07, 6.45) is 2.23. The lowest BCUT2D eigenvalue weighted by Gasteiger charge is -2.30. The van der Waals surface area contributed by atoms with E-state index in [4.69, 9.17) is 5.73 Å². The molecule has 0 unspecified atom stereocenters. The van der Waals surface area contributed by atoms with Gasteiger partial charge in [-0.25, -0.2) is 0 Å². The van der Waals surface area contributed by atoms with Crippen molar-refractivity contribution in [2.45, 2.75) is 18.9 Å². The zero-order chi connectivity index (χ0) is 11.4. The van der Waals surface area contributed by atoms with Crippen LogP contribution in [0.2, 0.25) is 0 Å². The summed E-state index contributed by atoms with van der Waals surface area (Å²) in [6, 6.07) is 10.8. The third kappa shape index (κ3) is 2.94. The molecule has 2 nitrogen and oxygen atoms in total. The molecule has 2 rings (SSSR count). The fourth-order valence-corrected chi connectivity index (χ4v) is 2.15. The van der Waals surface area contributed by atoms with E-state index in [2.05, 4.69) is 35.7 Å². The highest BCUT2D eigenvalue weighted by Crippen LogP contribution is 2.16. The molecule has 0 saturated carbocycles. The van der Waals surface area contributed by atoms with E-state index in [9.17, 15) is 0 Å². The molecule has 1 saturated heterocycles. The number of hydrogen-bond acceptors (Lipinski definition) is 2. The van der Waals surface area contributed by atoms with Gasteiger partial charge in [-0.05, 0) is 37.1 Å². The van der Waals surface area contributed by atoms with Gasteiger partial charge in [0.15, 0.2) is 0 Å². The highest BCUT2D eigenvalue weighted by molar-refractivity contribution is 5.64. The Morgan fingerprint density at radius 2 is 1.88 bits per heavy atom. The van der Waals surface area contributed by atoms with Gasteiger partial charge in [-0.15, -0.1) is 0 Å². The maximum atomic E-state index is 5.89. The predicted molar refractivity (Wildman–Crippen MR) is 69.1 cm³/mol. The maximum Gasteiger partial charge on any atom is 0.0233 e. The van der Waals surface area contributed by atoms with Crippen molar-refractivity contribution < 1.29 is 0 Å². The van der Waals surface area contributed by atoms with Crippen LogP contribution >= 0.6 is 0 Å². The monoisotopic (exact) mass is 216 g/mol. The first-order valence-electron chi connectivity index (χ1n) is 5.97. The molecule has 0 amide bonds. The van der Waals surface area contributed by atoms with Crippen molar-refractivity contribution >= 4 is 5.57 Å². The zero-order valence-corrected chi connectivity index (χ0v) is 9.73. The zero-order valence-electron chi connectivity index (χ0n) is 9.73. The molecule has 86 valence electrons. The van der Waals surface area contributed by atoms with Crippen LogP contribution in [0.1, 0.15) is 18.4 Å². The molecule has 0 aliphatic carbocycles. The second kappa shape index (κ2) is 5.28. The largest absolute Gasteiger partial charge is 0.328 e. The summed E-state index contributed by atoms with van der Waals surface area (Å²) in [6.45, 7) is 7.34. The first-order chi connectivity index (χ1) is 7.75. The van der Waals surface area contributed by atoms with Gasteiger partial charge in [0.2, 0.25) is 0 Å². The van der Waals surface area contributed by atoms with Crippen LogP contribution in [0.15, 0.2) is 36.9 Å². The number of benzene rings is 1. The third-order valence-electron chi connectivity index (χ3n) is 3.23. The van der Waals surface area contributed by atoms with Crippen molar-refractivity contribution in [2.75, 3.05) is 19.6 Å². The topological polar surface area (TPSA) is 29.3 Å². The van der Waals surface area contributed by atoms with Crippen LogP contribution in [0.25, 0.3) is 5.57 Å². The molecule has 2 N–H and O–H groups in total. The van der Waals surface area contributed by atoms with Crippen molar-refractivity contribution in [3.8, 4) is 0 Å². The van der Waals surface area contributed by atoms with E-state index in [0.717, 1.165) is 32.5 Å². The smallest absolute Gasteiger partial charge is 0.0233 e. The van der Waals surface area contributed by atoms with E-state index in [1.807, 2.05) is 6.07 Å². The Hall–Kier alpha value is -1.12. The highest BCUT2D eigenvalue weighted by atomic mass is 15.1. The Bertz CT molecular complexity index is 337. The predicted octanol–water partition coefficient (Wildman–Crippen LogP) is 2.12. The molecule has 16 heavy (non-hydrogen) atoms. The summed E-state index contributed by atoms with van der Waals surface area (Å²) in [5.41, 5.74) is 8.34. The summed E-state index contributed by atoms with van der Waals surface area (Å²) in [7, 11) is 0. The maximum absolute atomic E-state index is 5.89. The summed E-state index contributed by atoms with van der Waals surface area (Å²) < 4.78 is 0. The fraction of sp³-hybridized carbons (Fsp3) is 0.429. The molecule has 1 aliphatic heterocycles. The second-order valence-electron chi connectivity index (χ2n) is 4.58. The van der Waals surface area contributed by atoms with E-state index in [0.29, 0.717) is 6.04 Å². The van der Waals surface area contributed by atoms with Gasteiger partial charge in [-0.2, -0.15) is 0 Å². The summed E-state index contributed by atoms with van der Waals surface area (Å²) in [5.74, 6) is 0. The molecule has 0 aromatic heterocycles. The van der Waals surface area contributed by atoms with E-state index >= 15 is 0 Å². The van der Waals surface area contributed by atoms with Gasteiger partial charge >= 0.3 is 0 Å². The first-order valence-corrected chi connectivity index (χ1v) is 5.97. The van der Waals surface area contributed by atoms with Gasteiger partial charge in [0.05, 0.1) is 0 Å². The molecule has 1 heterocycles. The summed E-state index contributed by atoms with van der Waals surface area (Å²) in [5, 5.41) is 0. The molecule has 0 atom stereocenters. The van der Waals surface area contributed by atoms with E-state index in [1.54, 1.807) is 0 Å². The Morgan fingerprint density at radius 3 is 2.50 bits per heavy atom. The Balaban J connectivity index is 1.88. The Labute approximate surface area is 97.8 Å². The Kier molecular flexibility index (Phi) is 3.75. The molecule has 1 fully saturated rings. The molecule has 1 aromatic rings. The average Bonchev–Trinajstić information content (AvgIpc) is 2.33. The number of piperidine rings is 1. The molecule has 0 radical (unpaired) electrons. The van der Waals surface area contributed by atoms with Gasteiger partial charge in [-0.3, -0.25) is 4.90 Å². The van der Waals surface area contributed by atoms with Gasteiger partial charge in [0.1, 0.15) is 0 Å². The normalized spacial score (nSPS) is 18.6. The summed E-state index contributed by atoms with van der Waals surface area (Å²) in [4.78, 5) is 2.44. The minimum absolute atomic E-state index is 0.404. The van der Waals surface area contributed by atoms with E-state index in [-0.39, 0.29) is 0 Å². The lowest BCUT2D eigenvalue weighted by molar-refractivity contribution is 0.237. The number of nitrogens with zero attached hydrogens (tertiary/aromatic N) is 1. The Morgan fingerprint density at radius 1 is 1.25 bits per heavy atom. The molecule has 0 spiro atoms. The van der Waals surface area contributed by atoms with Crippen molar-refractivity contribution in [3.05, 3.63) is 42.5 Å². The molecule has 1 aromatic carbocycles. The van der Waals surface area contributed by atoms with Gasteiger partial charge in [-0.1, -0.05) is 36.9 Å². The van der Waals surface area contributed by atoms with Crippen LogP contribution in [0.4, 0.5) is 0 Å². The lowest BCUT2D eigenvalue weighted by Crippen LogP contribution is -2.40. The average molecular weight is 216 g/mol. The standard InChI is InChI=1S/C14H20N2/c1-12(13-5-3-2-4-6-13)11-16-9-7-14(15)8-10-16/h2-6,14H,1,7-11,15H2.